The molecule has 0 aromatic carbocycles. The molecule has 5 heteroatoms. The van der Waals surface area contributed by atoms with Gasteiger partial charge in [-0.05, 0) is 32.1 Å². The van der Waals surface area contributed by atoms with E-state index in [0.717, 1.165) is 13.1 Å². The van der Waals surface area contributed by atoms with E-state index in [1.807, 2.05) is 19.0 Å². The molecule has 18 heavy (non-hydrogen) atoms. The van der Waals surface area contributed by atoms with Gasteiger partial charge in [-0.15, -0.1) is 0 Å². The van der Waals surface area contributed by atoms with Crippen LogP contribution in [0, 0.1) is 5.92 Å². The highest BCUT2D eigenvalue weighted by Crippen LogP contribution is 2.23. The van der Waals surface area contributed by atoms with Crippen molar-refractivity contribution in [3.63, 3.8) is 0 Å². The van der Waals surface area contributed by atoms with E-state index in [9.17, 15) is 4.79 Å². The molecule has 1 aromatic heterocycles. The predicted octanol–water partition coefficient (Wildman–Crippen LogP) is 1.76. The van der Waals surface area contributed by atoms with Gasteiger partial charge >= 0.3 is 0 Å². The van der Waals surface area contributed by atoms with Gasteiger partial charge in [0.05, 0.1) is 5.56 Å². The monoisotopic (exact) mass is 267 g/mol. The van der Waals surface area contributed by atoms with Crippen LogP contribution < -0.4 is 0 Å². The highest BCUT2D eigenvalue weighted by atomic mass is 35.5. The molecule has 2 rings (SSSR count). The third-order valence-electron chi connectivity index (χ3n) is 3.51. The molecule has 1 saturated heterocycles. The summed E-state index contributed by atoms with van der Waals surface area (Å²) < 4.78 is 0. The number of carbonyl (C=O) groups is 1. The lowest BCUT2D eigenvalue weighted by Crippen LogP contribution is -2.35. The second-order valence-corrected chi connectivity index (χ2v) is 5.42. The first kappa shape index (κ1) is 13.3. The molecule has 0 spiro atoms. The lowest BCUT2D eigenvalue weighted by molar-refractivity contribution is 0.0781. The Labute approximate surface area is 113 Å². The van der Waals surface area contributed by atoms with Crippen LogP contribution in [-0.2, 0) is 0 Å². The van der Waals surface area contributed by atoms with Crippen molar-refractivity contribution in [2.24, 2.45) is 5.92 Å². The van der Waals surface area contributed by atoms with E-state index >= 15 is 0 Å². The fourth-order valence-electron chi connectivity index (χ4n) is 2.50. The third-order valence-corrected chi connectivity index (χ3v) is 3.81. The zero-order valence-corrected chi connectivity index (χ0v) is 11.7. The van der Waals surface area contributed by atoms with E-state index in [4.69, 9.17) is 11.6 Å². The zero-order chi connectivity index (χ0) is 13.3. The molecule has 1 amide bonds. The molecular formula is C13H18ClN3O. The lowest BCUT2D eigenvalue weighted by Gasteiger charge is -2.22. The van der Waals surface area contributed by atoms with Gasteiger partial charge in [0.25, 0.3) is 5.91 Å². The van der Waals surface area contributed by atoms with E-state index < -0.39 is 0 Å². The Hall–Kier alpha value is -1.13. The summed E-state index contributed by atoms with van der Waals surface area (Å²) in [5.41, 5.74) is 0.491. The molecule has 4 nitrogen and oxygen atoms in total. The second-order valence-electron chi connectivity index (χ2n) is 5.06. The number of hydrogen-bond acceptors (Lipinski definition) is 3. The molecule has 2 atom stereocenters. The largest absolute Gasteiger partial charge is 0.337 e. The molecule has 2 unspecified atom stereocenters. The average Bonchev–Trinajstić information content (AvgIpc) is 2.71. The van der Waals surface area contributed by atoms with E-state index in [2.05, 4.69) is 16.8 Å². The summed E-state index contributed by atoms with van der Waals surface area (Å²) in [4.78, 5) is 20.3. The molecule has 1 aromatic rings. The van der Waals surface area contributed by atoms with Crippen molar-refractivity contribution in [2.75, 3.05) is 27.2 Å². The maximum absolute atomic E-state index is 12.4. The van der Waals surface area contributed by atoms with Gasteiger partial charge in [0.1, 0.15) is 5.15 Å². The Morgan fingerprint density at radius 2 is 2.22 bits per heavy atom. The van der Waals surface area contributed by atoms with E-state index in [0.29, 0.717) is 17.5 Å². The first-order chi connectivity index (χ1) is 8.50. The number of hydrogen-bond donors (Lipinski definition) is 0. The van der Waals surface area contributed by atoms with Gasteiger partial charge in [0, 0.05) is 25.3 Å². The Balaban J connectivity index is 2.15. The number of halogens is 1. The number of amides is 1. The fourth-order valence-corrected chi connectivity index (χ4v) is 2.70. The normalized spacial score (nSPS) is 23.7. The summed E-state index contributed by atoms with van der Waals surface area (Å²) in [5.74, 6) is 0.448. The molecule has 0 radical (unpaired) electrons. The molecule has 1 fully saturated rings. The second kappa shape index (κ2) is 5.24. The third kappa shape index (κ3) is 2.49. The van der Waals surface area contributed by atoms with Gasteiger partial charge in [-0.1, -0.05) is 18.5 Å². The molecule has 1 aliphatic heterocycles. The number of rotatable bonds is 2. The molecule has 98 valence electrons. The lowest BCUT2D eigenvalue weighted by atomic mass is 10.1. The smallest absolute Gasteiger partial charge is 0.257 e. The van der Waals surface area contributed by atoms with Crippen LogP contribution >= 0.6 is 11.6 Å². The van der Waals surface area contributed by atoms with Crippen LogP contribution in [0.3, 0.4) is 0 Å². The first-order valence-corrected chi connectivity index (χ1v) is 6.44. The molecule has 2 heterocycles. The van der Waals surface area contributed by atoms with Crippen LogP contribution in [0.25, 0.3) is 0 Å². The molecule has 0 N–H and O–H groups in total. The standard InChI is InChI=1S/C13H18ClN3O/c1-9-7-17(8-11(9)16(2)3)13(18)10-5-4-6-15-12(10)14/h4-6,9,11H,7-8H2,1-3H3. The SMILES string of the molecule is CC1CN(C(=O)c2cccnc2Cl)CC1N(C)C. The Morgan fingerprint density at radius 3 is 2.78 bits per heavy atom. The molecular weight excluding hydrogens is 250 g/mol. The maximum Gasteiger partial charge on any atom is 0.257 e. The first-order valence-electron chi connectivity index (χ1n) is 6.07. The van der Waals surface area contributed by atoms with Gasteiger partial charge in [-0.25, -0.2) is 4.98 Å². The van der Waals surface area contributed by atoms with Crippen LogP contribution in [0.2, 0.25) is 5.15 Å². The number of aromatic nitrogens is 1. The topological polar surface area (TPSA) is 36.4 Å². The number of likely N-dealkylation sites (N-methyl/N-ethyl adjacent to an activating group) is 1. The van der Waals surface area contributed by atoms with Crippen molar-refractivity contribution in [3.8, 4) is 0 Å². The summed E-state index contributed by atoms with van der Waals surface area (Å²) in [6, 6.07) is 3.87. The summed E-state index contributed by atoms with van der Waals surface area (Å²) in [6.45, 7) is 3.69. The summed E-state index contributed by atoms with van der Waals surface area (Å²) in [7, 11) is 4.10. The van der Waals surface area contributed by atoms with Crippen LogP contribution in [0.15, 0.2) is 18.3 Å². The van der Waals surface area contributed by atoms with E-state index in [1.54, 1.807) is 18.3 Å². The number of likely N-dealkylation sites (tertiary alicyclic amines) is 1. The van der Waals surface area contributed by atoms with Crippen molar-refractivity contribution in [3.05, 3.63) is 29.0 Å². The van der Waals surface area contributed by atoms with Gasteiger partial charge in [-0.2, -0.15) is 0 Å². The molecule has 0 bridgehead atoms. The fraction of sp³-hybridized carbons (Fsp3) is 0.538. The van der Waals surface area contributed by atoms with Crippen molar-refractivity contribution in [1.29, 1.82) is 0 Å². The van der Waals surface area contributed by atoms with Crippen molar-refractivity contribution >= 4 is 17.5 Å². The minimum absolute atomic E-state index is 0.0238. The van der Waals surface area contributed by atoms with Crippen LogP contribution in [0.4, 0.5) is 0 Å². The van der Waals surface area contributed by atoms with Crippen molar-refractivity contribution in [1.82, 2.24) is 14.8 Å². The summed E-state index contributed by atoms with van der Waals surface area (Å²) in [6.07, 6.45) is 1.59. The highest BCUT2D eigenvalue weighted by molar-refractivity contribution is 6.32. The summed E-state index contributed by atoms with van der Waals surface area (Å²) in [5, 5.41) is 0.281. The number of carbonyl (C=O) groups excluding carboxylic acids is 1. The van der Waals surface area contributed by atoms with Gasteiger partial charge in [0.2, 0.25) is 0 Å². The zero-order valence-electron chi connectivity index (χ0n) is 10.9. The van der Waals surface area contributed by atoms with Crippen molar-refractivity contribution < 1.29 is 4.79 Å². The molecule has 1 aliphatic rings. The van der Waals surface area contributed by atoms with Gasteiger partial charge in [0.15, 0.2) is 0 Å². The van der Waals surface area contributed by atoms with Gasteiger partial charge < -0.3 is 9.80 Å². The van der Waals surface area contributed by atoms with Crippen LogP contribution in [0.1, 0.15) is 17.3 Å². The quantitative estimate of drug-likeness (QED) is 0.766. The highest BCUT2D eigenvalue weighted by Gasteiger charge is 2.34. The van der Waals surface area contributed by atoms with Crippen LogP contribution in [-0.4, -0.2) is 53.9 Å². The van der Waals surface area contributed by atoms with Gasteiger partial charge in [-0.3, -0.25) is 4.79 Å². The number of nitrogens with zero attached hydrogens (tertiary/aromatic N) is 3. The van der Waals surface area contributed by atoms with E-state index in [-0.39, 0.29) is 11.1 Å². The minimum atomic E-state index is -0.0238. The Kier molecular flexibility index (Phi) is 3.88. The minimum Gasteiger partial charge on any atom is -0.337 e. The van der Waals surface area contributed by atoms with Crippen molar-refractivity contribution in [2.45, 2.75) is 13.0 Å². The number of pyridine rings is 1. The van der Waals surface area contributed by atoms with Crippen LogP contribution in [0.5, 0.6) is 0 Å². The Bertz CT molecular complexity index is 450. The molecule has 0 saturated carbocycles. The summed E-state index contributed by atoms with van der Waals surface area (Å²) >= 11 is 5.96. The Morgan fingerprint density at radius 1 is 1.50 bits per heavy atom. The molecule has 0 aliphatic carbocycles. The van der Waals surface area contributed by atoms with E-state index in [1.165, 1.54) is 0 Å². The predicted molar refractivity (Wildman–Crippen MR) is 71.8 cm³/mol. The average molecular weight is 268 g/mol. The maximum atomic E-state index is 12.4.